The van der Waals surface area contributed by atoms with Crippen LogP contribution in [-0.2, 0) is 14.3 Å². The summed E-state index contributed by atoms with van der Waals surface area (Å²) in [4.78, 5) is 45.1. The van der Waals surface area contributed by atoms with Gasteiger partial charge in [-0.1, -0.05) is 43.3 Å². The number of aliphatic hydroxyl groups is 1. The number of ether oxygens (including phenoxy) is 1. The molecular formula is C35H35F2NO5S2. The molecule has 4 aliphatic carbocycles. The average Bonchev–Trinajstić information content (AvgIpc) is 3.54. The highest BCUT2D eigenvalue weighted by atomic mass is 32.2. The smallest absolute Gasteiger partial charge is 0.342 e. The number of carbonyl (C=O) groups is 3. The molecule has 3 aromatic rings. The van der Waals surface area contributed by atoms with Crippen LogP contribution in [0.3, 0.4) is 0 Å². The normalized spacial score (nSPS) is 34.1. The molecule has 1 aromatic heterocycles. The number of ketones is 2. The van der Waals surface area contributed by atoms with Gasteiger partial charge < -0.3 is 9.84 Å². The fourth-order valence-corrected chi connectivity index (χ4v) is 11.4. The topological polar surface area (TPSA) is 93.6 Å². The lowest BCUT2D eigenvalue weighted by Gasteiger charge is -2.60. The van der Waals surface area contributed by atoms with E-state index >= 15 is 0 Å². The molecule has 0 radical (unpaired) electrons. The van der Waals surface area contributed by atoms with Crippen LogP contribution in [0.2, 0.25) is 0 Å². The number of aromatic nitrogens is 1. The molecule has 0 spiro atoms. The molecule has 4 aliphatic rings. The number of rotatable bonds is 6. The van der Waals surface area contributed by atoms with Gasteiger partial charge in [0.2, 0.25) is 0 Å². The number of thioether (sulfide) groups is 1. The van der Waals surface area contributed by atoms with Gasteiger partial charge in [-0.25, -0.2) is 18.6 Å². The first-order valence-corrected chi connectivity index (χ1v) is 17.4. The van der Waals surface area contributed by atoms with Crippen molar-refractivity contribution in [3.8, 4) is 0 Å². The first-order valence-electron chi connectivity index (χ1n) is 15.6. The van der Waals surface area contributed by atoms with E-state index in [2.05, 4.69) is 11.9 Å². The quantitative estimate of drug-likeness (QED) is 0.220. The van der Waals surface area contributed by atoms with Gasteiger partial charge in [0.15, 0.2) is 21.5 Å². The van der Waals surface area contributed by atoms with Crippen molar-refractivity contribution in [2.24, 2.45) is 28.6 Å². The molecule has 3 fully saturated rings. The predicted molar refractivity (Wildman–Crippen MR) is 168 cm³/mol. The van der Waals surface area contributed by atoms with Crippen LogP contribution in [0.5, 0.6) is 0 Å². The summed E-state index contributed by atoms with van der Waals surface area (Å²) < 4.78 is 36.4. The van der Waals surface area contributed by atoms with E-state index in [1.807, 2.05) is 31.2 Å². The fraction of sp³-hybridized carbons (Fsp3) is 0.486. The van der Waals surface area contributed by atoms with Crippen LogP contribution in [0, 0.1) is 40.2 Å². The van der Waals surface area contributed by atoms with E-state index in [1.54, 1.807) is 6.08 Å². The number of halogens is 2. The maximum absolute atomic E-state index is 14.8. The van der Waals surface area contributed by atoms with Crippen LogP contribution in [0.1, 0.15) is 69.2 Å². The summed E-state index contributed by atoms with van der Waals surface area (Å²) in [5.74, 6) is -3.14. The van der Waals surface area contributed by atoms with Gasteiger partial charge in [0.1, 0.15) is 11.6 Å². The standard InChI is InChI=1S/C35H35F2NO5S2/c1-33-13-11-21(39)15-19(33)7-9-22-24-12-14-35(34(24,2)17-27(40)30(22)33,43-31(42)23-10-8-20(36)16-25(23)37)29(41)18-44-32-38-26-5-3-4-6-28(26)45-32/h3-6,8,10,15-16,22,24,27,30,40H,7,9,11-14,17-18H2,1-2H3/t22?,24?,27-,30?,33?,34?,35-/m0/s1. The maximum atomic E-state index is 14.8. The highest BCUT2D eigenvalue weighted by Gasteiger charge is 2.70. The number of Topliss-reactive ketones (excluding diaryl/α,β-unsaturated/α-hetero) is 1. The Morgan fingerprint density at radius 3 is 2.69 bits per heavy atom. The number of para-hydroxylation sites is 1. The number of carbonyl (C=O) groups excluding carboxylic acids is 3. The SMILES string of the molecule is CC12CCC(=O)C=C1CCC1C2[C@@H](O)CC2(C)C1CC[C@]2(OC(=O)c1ccc(F)cc1F)C(=O)CSc1nc2ccccc2s1. The Balaban J connectivity index is 1.24. The molecule has 45 heavy (non-hydrogen) atoms. The van der Waals surface area contributed by atoms with Crippen LogP contribution in [0.25, 0.3) is 10.2 Å². The molecule has 236 valence electrons. The number of hydrogen-bond donors (Lipinski definition) is 1. The minimum atomic E-state index is -1.62. The summed E-state index contributed by atoms with van der Waals surface area (Å²) in [5, 5.41) is 11.9. The number of esters is 1. The first-order chi connectivity index (χ1) is 21.4. The van der Waals surface area contributed by atoms with Crippen LogP contribution >= 0.6 is 23.1 Å². The largest absolute Gasteiger partial charge is 0.447 e. The second kappa shape index (κ2) is 11.1. The molecule has 1 N–H and O–H groups in total. The molecule has 0 amide bonds. The van der Waals surface area contributed by atoms with Crippen LogP contribution < -0.4 is 0 Å². The minimum Gasteiger partial charge on any atom is -0.447 e. The van der Waals surface area contributed by atoms with Gasteiger partial charge in [0.05, 0.1) is 27.6 Å². The van der Waals surface area contributed by atoms with E-state index in [4.69, 9.17) is 4.74 Å². The molecule has 3 saturated carbocycles. The summed E-state index contributed by atoms with van der Waals surface area (Å²) in [6.07, 6.45) is 4.71. The Labute approximate surface area is 268 Å². The molecule has 7 rings (SSSR count). The molecule has 7 atom stereocenters. The summed E-state index contributed by atoms with van der Waals surface area (Å²) in [7, 11) is 0. The van der Waals surface area contributed by atoms with E-state index in [0.717, 1.165) is 40.8 Å². The Morgan fingerprint density at radius 1 is 1.11 bits per heavy atom. The molecule has 10 heteroatoms. The minimum absolute atomic E-state index is 0.0157. The molecule has 5 unspecified atom stereocenters. The third-order valence-electron chi connectivity index (χ3n) is 11.5. The van der Waals surface area contributed by atoms with Gasteiger partial charge >= 0.3 is 5.97 Å². The van der Waals surface area contributed by atoms with E-state index in [0.29, 0.717) is 29.7 Å². The monoisotopic (exact) mass is 651 g/mol. The maximum Gasteiger partial charge on any atom is 0.342 e. The Bertz CT molecular complexity index is 1720. The lowest BCUT2D eigenvalue weighted by Crippen LogP contribution is -2.63. The number of thiazole rings is 1. The number of nitrogens with zero attached hydrogens (tertiary/aromatic N) is 1. The van der Waals surface area contributed by atoms with Crippen molar-refractivity contribution >= 4 is 50.9 Å². The average molecular weight is 652 g/mol. The Morgan fingerprint density at radius 2 is 1.91 bits per heavy atom. The number of fused-ring (bicyclic) bond motifs is 6. The van der Waals surface area contributed by atoms with Crippen LogP contribution in [0.15, 0.2) is 58.5 Å². The molecule has 1 heterocycles. The second-order valence-electron chi connectivity index (χ2n) is 13.6. The van der Waals surface area contributed by atoms with E-state index < -0.39 is 40.3 Å². The number of hydrogen-bond acceptors (Lipinski definition) is 8. The first kappa shape index (κ1) is 30.7. The van der Waals surface area contributed by atoms with E-state index in [1.165, 1.54) is 23.1 Å². The molecular weight excluding hydrogens is 617 g/mol. The number of aliphatic hydroxyl groups excluding tert-OH is 1. The fourth-order valence-electron chi connectivity index (χ4n) is 9.38. The number of allylic oxidation sites excluding steroid dienone is 1. The van der Waals surface area contributed by atoms with Gasteiger partial charge in [-0.05, 0) is 92.0 Å². The van der Waals surface area contributed by atoms with Gasteiger partial charge in [-0.15, -0.1) is 11.3 Å². The van der Waals surface area contributed by atoms with Crippen LogP contribution in [-0.4, -0.2) is 45.1 Å². The lowest BCUT2D eigenvalue weighted by atomic mass is 9.45. The molecule has 0 aliphatic heterocycles. The Kier molecular flexibility index (Phi) is 7.56. The zero-order valence-corrected chi connectivity index (χ0v) is 26.8. The summed E-state index contributed by atoms with van der Waals surface area (Å²) in [6.45, 7) is 4.10. The van der Waals surface area contributed by atoms with Crippen molar-refractivity contribution in [3.63, 3.8) is 0 Å². The molecule has 2 aromatic carbocycles. The predicted octanol–water partition coefficient (Wildman–Crippen LogP) is 7.33. The van der Waals surface area contributed by atoms with Gasteiger partial charge in [-0.2, -0.15) is 0 Å². The molecule has 0 saturated heterocycles. The van der Waals surface area contributed by atoms with Gasteiger partial charge in [0.25, 0.3) is 0 Å². The van der Waals surface area contributed by atoms with Crippen molar-refractivity contribution in [1.82, 2.24) is 4.98 Å². The van der Waals surface area contributed by atoms with Crippen molar-refractivity contribution in [3.05, 3.63) is 71.3 Å². The highest BCUT2D eigenvalue weighted by molar-refractivity contribution is 8.01. The zero-order valence-electron chi connectivity index (χ0n) is 25.2. The van der Waals surface area contributed by atoms with Crippen molar-refractivity contribution in [2.75, 3.05) is 5.75 Å². The Hall–Kier alpha value is -2.95. The zero-order chi connectivity index (χ0) is 31.7. The summed E-state index contributed by atoms with van der Waals surface area (Å²) >= 11 is 2.76. The van der Waals surface area contributed by atoms with E-state index in [9.17, 15) is 28.3 Å². The number of benzene rings is 2. The van der Waals surface area contributed by atoms with Gasteiger partial charge in [-0.3, -0.25) is 9.59 Å². The summed E-state index contributed by atoms with van der Waals surface area (Å²) in [5.41, 5.74) is -1.35. The van der Waals surface area contributed by atoms with Crippen molar-refractivity contribution < 1.29 is 33.0 Å². The van der Waals surface area contributed by atoms with Crippen molar-refractivity contribution in [1.29, 1.82) is 0 Å². The molecule has 6 nitrogen and oxygen atoms in total. The van der Waals surface area contributed by atoms with E-state index in [-0.39, 0.29) is 53.3 Å². The summed E-state index contributed by atoms with van der Waals surface area (Å²) in [6, 6.07) is 10.4. The lowest BCUT2D eigenvalue weighted by molar-refractivity contribution is -0.180. The second-order valence-corrected chi connectivity index (χ2v) is 15.9. The van der Waals surface area contributed by atoms with Gasteiger partial charge in [0, 0.05) is 17.9 Å². The van der Waals surface area contributed by atoms with Crippen LogP contribution in [0.4, 0.5) is 8.78 Å². The third kappa shape index (κ3) is 4.81. The third-order valence-corrected chi connectivity index (χ3v) is 13.7. The molecule has 0 bridgehead atoms. The highest BCUT2D eigenvalue weighted by Crippen LogP contribution is 2.68. The van der Waals surface area contributed by atoms with Crippen molar-refractivity contribution in [2.45, 2.75) is 74.8 Å².